The van der Waals surface area contributed by atoms with Gasteiger partial charge in [0.05, 0.1) is 21.7 Å². The van der Waals surface area contributed by atoms with Gasteiger partial charge in [-0.1, -0.05) is 26.0 Å². The molecule has 0 spiro atoms. The van der Waals surface area contributed by atoms with Crippen molar-refractivity contribution in [3.8, 4) is 16.9 Å². The molecule has 3 rings (SSSR count). The van der Waals surface area contributed by atoms with Gasteiger partial charge in [0.25, 0.3) is 5.78 Å². The van der Waals surface area contributed by atoms with Gasteiger partial charge in [-0.3, -0.25) is 9.78 Å². The summed E-state index contributed by atoms with van der Waals surface area (Å²) in [4.78, 5) is 16.6. The van der Waals surface area contributed by atoms with Crippen LogP contribution in [-0.2, 0) is 22.7 Å². The average molecular weight is 519 g/mol. The van der Waals surface area contributed by atoms with Crippen molar-refractivity contribution in [2.45, 2.75) is 44.1 Å². The van der Waals surface area contributed by atoms with Crippen LogP contribution in [0, 0.1) is 0 Å². The highest BCUT2D eigenvalue weighted by Crippen LogP contribution is 2.42. The van der Waals surface area contributed by atoms with Crippen LogP contribution in [0.15, 0.2) is 41.3 Å². The molecule has 0 N–H and O–H groups in total. The summed E-state index contributed by atoms with van der Waals surface area (Å²) in [6.07, 6.45) is -9.61. The lowest BCUT2D eigenvalue weighted by atomic mass is 9.88. The number of alkyl halides is 6. The highest BCUT2D eigenvalue weighted by atomic mass is 32.2. The lowest BCUT2D eigenvalue weighted by Crippen LogP contribution is -2.25. The molecule has 0 aliphatic carbocycles. The SMILES string of the molecule is CCc1nc2ccc(OC(F)(F)F)c(CC)c2c(-c2ccc(S(C)(=O)=O)cc2)c1C(=O)C(F)(F)F. The van der Waals surface area contributed by atoms with E-state index < -0.39 is 39.5 Å². The Labute approximate surface area is 196 Å². The minimum Gasteiger partial charge on any atom is -0.405 e. The van der Waals surface area contributed by atoms with Crippen LogP contribution in [0.25, 0.3) is 22.0 Å². The first kappa shape index (κ1) is 26.5. The van der Waals surface area contributed by atoms with E-state index in [9.17, 15) is 39.6 Å². The molecule has 0 fully saturated rings. The number of benzene rings is 2. The topological polar surface area (TPSA) is 73.3 Å². The summed E-state index contributed by atoms with van der Waals surface area (Å²) in [5.41, 5.74) is -1.33. The van der Waals surface area contributed by atoms with Gasteiger partial charge in [0, 0.05) is 22.8 Å². The number of sulfone groups is 1. The number of carbonyl (C=O) groups is 1. The van der Waals surface area contributed by atoms with Gasteiger partial charge in [-0.15, -0.1) is 13.2 Å². The summed E-state index contributed by atoms with van der Waals surface area (Å²) in [5, 5.41) is -0.119. The molecule has 0 amide bonds. The van der Waals surface area contributed by atoms with Crippen molar-refractivity contribution in [1.82, 2.24) is 4.98 Å². The van der Waals surface area contributed by atoms with Gasteiger partial charge in [-0.2, -0.15) is 13.2 Å². The highest BCUT2D eigenvalue weighted by molar-refractivity contribution is 7.90. The smallest absolute Gasteiger partial charge is 0.405 e. The quantitative estimate of drug-likeness (QED) is 0.292. The first-order valence-corrected chi connectivity index (χ1v) is 12.1. The van der Waals surface area contributed by atoms with Crippen molar-refractivity contribution in [2.24, 2.45) is 0 Å². The summed E-state index contributed by atoms with van der Waals surface area (Å²) in [6, 6.07) is 6.88. The number of hydrogen-bond acceptors (Lipinski definition) is 5. The van der Waals surface area contributed by atoms with Crippen molar-refractivity contribution < 1.29 is 44.3 Å². The minimum atomic E-state index is -5.30. The van der Waals surface area contributed by atoms with Crippen molar-refractivity contribution in [2.75, 3.05) is 6.26 Å². The number of halogens is 6. The number of rotatable bonds is 6. The fourth-order valence-electron chi connectivity index (χ4n) is 3.83. The molecule has 0 unspecified atom stereocenters. The molecule has 3 aromatic rings. The van der Waals surface area contributed by atoms with Crippen LogP contribution < -0.4 is 4.74 Å². The van der Waals surface area contributed by atoms with E-state index in [2.05, 4.69) is 9.72 Å². The second kappa shape index (κ2) is 9.14. The molecule has 0 saturated heterocycles. The predicted molar refractivity (Wildman–Crippen MR) is 116 cm³/mol. The Morgan fingerprint density at radius 2 is 1.54 bits per heavy atom. The van der Waals surface area contributed by atoms with Crippen LogP contribution in [0.5, 0.6) is 5.75 Å². The number of hydrogen-bond donors (Lipinski definition) is 0. The van der Waals surface area contributed by atoms with E-state index in [1.54, 1.807) is 0 Å². The predicted octanol–water partition coefficient (Wildman–Crippen LogP) is 6.07. The van der Waals surface area contributed by atoms with E-state index in [1.807, 2.05) is 0 Å². The summed E-state index contributed by atoms with van der Waals surface area (Å²) in [5.74, 6) is -2.85. The maximum atomic E-state index is 13.6. The van der Waals surface area contributed by atoms with Crippen molar-refractivity contribution in [1.29, 1.82) is 0 Å². The molecule has 2 aromatic carbocycles. The second-order valence-electron chi connectivity index (χ2n) is 7.62. The molecular formula is C23H19F6NO4S. The number of pyridine rings is 1. The summed E-state index contributed by atoms with van der Waals surface area (Å²) < 4.78 is 108. The molecule has 0 radical (unpaired) electrons. The van der Waals surface area contributed by atoms with Gasteiger partial charge in [0.15, 0.2) is 9.84 Å². The fraction of sp³-hybridized carbons (Fsp3) is 0.304. The van der Waals surface area contributed by atoms with E-state index in [-0.39, 0.29) is 51.0 Å². The largest absolute Gasteiger partial charge is 0.573 e. The van der Waals surface area contributed by atoms with Crippen molar-refractivity contribution >= 4 is 26.5 Å². The van der Waals surface area contributed by atoms with Gasteiger partial charge in [-0.25, -0.2) is 8.42 Å². The van der Waals surface area contributed by atoms with Crippen LogP contribution in [0.1, 0.15) is 35.5 Å². The Balaban J connectivity index is 2.54. The minimum absolute atomic E-state index is 0.00552. The third-order valence-electron chi connectivity index (χ3n) is 5.26. The maximum Gasteiger partial charge on any atom is 0.573 e. The van der Waals surface area contributed by atoms with Crippen LogP contribution in [-0.4, -0.2) is 38.0 Å². The lowest BCUT2D eigenvalue weighted by molar-refractivity contribution is -0.274. The van der Waals surface area contributed by atoms with Gasteiger partial charge in [0.2, 0.25) is 0 Å². The molecule has 35 heavy (non-hydrogen) atoms. The van der Waals surface area contributed by atoms with Crippen LogP contribution >= 0.6 is 0 Å². The van der Waals surface area contributed by atoms with Gasteiger partial charge in [0.1, 0.15) is 5.75 Å². The summed E-state index contributed by atoms with van der Waals surface area (Å²) in [7, 11) is -3.65. The van der Waals surface area contributed by atoms with Crippen LogP contribution in [0.2, 0.25) is 0 Å². The Kier molecular flexibility index (Phi) is 6.91. The lowest BCUT2D eigenvalue weighted by Gasteiger charge is -2.21. The summed E-state index contributed by atoms with van der Waals surface area (Å²) >= 11 is 0. The van der Waals surface area contributed by atoms with E-state index >= 15 is 0 Å². The molecule has 188 valence electrons. The van der Waals surface area contributed by atoms with E-state index in [0.29, 0.717) is 0 Å². The molecule has 0 saturated carbocycles. The van der Waals surface area contributed by atoms with Crippen LogP contribution in [0.4, 0.5) is 26.3 Å². The molecule has 5 nitrogen and oxygen atoms in total. The zero-order valence-electron chi connectivity index (χ0n) is 18.6. The highest BCUT2D eigenvalue weighted by Gasteiger charge is 2.43. The second-order valence-corrected chi connectivity index (χ2v) is 9.64. The Bertz CT molecular complexity index is 1390. The van der Waals surface area contributed by atoms with Gasteiger partial charge < -0.3 is 4.74 Å². The number of nitrogens with zero attached hydrogens (tertiary/aromatic N) is 1. The molecule has 0 aliphatic rings. The van der Waals surface area contributed by atoms with E-state index in [4.69, 9.17) is 0 Å². The molecular weight excluding hydrogens is 500 g/mol. The Hall–Kier alpha value is -3.15. The third-order valence-corrected chi connectivity index (χ3v) is 6.39. The molecule has 1 aromatic heterocycles. The number of ketones is 1. The normalized spacial score (nSPS) is 12.7. The standard InChI is InChI=1S/C23H19F6NO4S/c1-4-14-17(34-23(27,28)29)11-10-16-19(14)18(12-6-8-13(9-7-12)35(3,32)33)20(15(5-2)30-16)21(31)22(24,25)26/h6-11H,4-5H2,1-3H3. The monoisotopic (exact) mass is 519 g/mol. The number of aryl methyl sites for hydroxylation is 2. The number of Topliss-reactive ketones (excluding diaryl/α,β-unsaturated/α-hetero) is 1. The zero-order valence-corrected chi connectivity index (χ0v) is 19.5. The zero-order chi connectivity index (χ0) is 26.3. The summed E-state index contributed by atoms with van der Waals surface area (Å²) in [6.45, 7) is 2.97. The maximum absolute atomic E-state index is 13.6. The molecule has 0 aliphatic heterocycles. The van der Waals surface area contributed by atoms with Crippen LogP contribution in [0.3, 0.4) is 0 Å². The average Bonchev–Trinajstić information content (AvgIpc) is 2.75. The van der Waals surface area contributed by atoms with Crippen molar-refractivity contribution in [3.05, 3.63) is 53.2 Å². The number of aromatic nitrogens is 1. The first-order valence-electron chi connectivity index (χ1n) is 10.2. The number of ether oxygens (including phenoxy) is 1. The van der Waals surface area contributed by atoms with Gasteiger partial charge in [-0.05, 0) is 42.7 Å². The first-order chi connectivity index (χ1) is 16.1. The molecule has 0 bridgehead atoms. The van der Waals surface area contributed by atoms with E-state index in [1.165, 1.54) is 32.0 Å². The molecule has 1 heterocycles. The fourth-order valence-corrected chi connectivity index (χ4v) is 4.46. The van der Waals surface area contributed by atoms with Crippen molar-refractivity contribution in [3.63, 3.8) is 0 Å². The number of carbonyl (C=O) groups excluding carboxylic acids is 1. The molecule has 0 atom stereocenters. The van der Waals surface area contributed by atoms with Gasteiger partial charge >= 0.3 is 12.5 Å². The van der Waals surface area contributed by atoms with E-state index in [0.717, 1.165) is 24.5 Å². The number of fused-ring (bicyclic) bond motifs is 1. The Morgan fingerprint density at radius 1 is 0.943 bits per heavy atom. The Morgan fingerprint density at radius 3 is 2.00 bits per heavy atom. The third kappa shape index (κ3) is 5.42. The molecule has 12 heteroatoms.